The number of benzene rings is 1. The third-order valence-corrected chi connectivity index (χ3v) is 5.59. The number of aliphatic hydroxyl groups excluding tert-OH is 1. The zero-order chi connectivity index (χ0) is 15.1. The summed E-state index contributed by atoms with van der Waals surface area (Å²) < 4.78 is 25.7. The molecule has 0 saturated carbocycles. The number of rotatable bonds is 3. The van der Waals surface area contributed by atoms with E-state index in [1.165, 1.54) is 12.1 Å². The van der Waals surface area contributed by atoms with Gasteiger partial charge in [0.25, 0.3) is 0 Å². The molecule has 0 unspecified atom stereocenters. The van der Waals surface area contributed by atoms with Crippen LogP contribution in [0, 0.1) is 0 Å². The molecular formula is C11H11Cl2NO5S. The molecule has 20 heavy (non-hydrogen) atoms. The molecule has 0 radical (unpaired) electrons. The number of hydrogen-bond acceptors (Lipinski definition) is 4. The molecule has 2 rings (SSSR count). The van der Waals surface area contributed by atoms with Crippen LogP contribution in [0.3, 0.4) is 0 Å². The minimum absolute atomic E-state index is 0.0556. The average molecular weight is 340 g/mol. The number of aliphatic carboxylic acids is 1. The van der Waals surface area contributed by atoms with E-state index in [-0.39, 0.29) is 27.9 Å². The summed E-state index contributed by atoms with van der Waals surface area (Å²) >= 11 is 11.6. The maximum absolute atomic E-state index is 12.5. The van der Waals surface area contributed by atoms with Crippen LogP contribution < -0.4 is 0 Å². The Hall–Kier alpha value is -0.860. The molecule has 1 aliphatic rings. The third kappa shape index (κ3) is 2.77. The van der Waals surface area contributed by atoms with E-state index in [9.17, 15) is 18.3 Å². The summed E-state index contributed by atoms with van der Waals surface area (Å²) in [5.41, 5.74) is 0. The number of β-amino-alcohol motifs (C(OH)–C–C–N with tert-alkyl or cyclic N) is 1. The Labute approximate surface area is 125 Å². The second-order valence-corrected chi connectivity index (χ2v) is 7.10. The van der Waals surface area contributed by atoms with Crippen molar-refractivity contribution in [2.75, 3.05) is 6.54 Å². The lowest BCUT2D eigenvalue weighted by atomic mass is 10.2. The summed E-state index contributed by atoms with van der Waals surface area (Å²) in [6, 6.07) is 2.59. The van der Waals surface area contributed by atoms with Crippen molar-refractivity contribution in [2.45, 2.75) is 23.5 Å². The van der Waals surface area contributed by atoms with E-state index in [1.807, 2.05) is 0 Å². The Kier molecular flexibility index (Phi) is 4.27. The Balaban J connectivity index is 2.49. The summed E-state index contributed by atoms with van der Waals surface area (Å²) in [7, 11) is -4.14. The number of sulfonamides is 1. The minimum Gasteiger partial charge on any atom is -0.480 e. The van der Waals surface area contributed by atoms with Crippen LogP contribution in [0.2, 0.25) is 10.0 Å². The Morgan fingerprint density at radius 3 is 2.60 bits per heavy atom. The van der Waals surface area contributed by atoms with Crippen LogP contribution in [-0.4, -0.2) is 47.6 Å². The summed E-state index contributed by atoms with van der Waals surface area (Å²) in [5, 5.41) is 18.7. The molecule has 2 N–H and O–H groups in total. The van der Waals surface area contributed by atoms with Crippen molar-refractivity contribution < 1.29 is 23.4 Å². The van der Waals surface area contributed by atoms with Gasteiger partial charge in [0.05, 0.1) is 11.1 Å². The molecule has 0 amide bonds. The molecule has 1 aromatic rings. The van der Waals surface area contributed by atoms with Crippen molar-refractivity contribution in [1.82, 2.24) is 4.31 Å². The molecule has 1 aromatic carbocycles. The Morgan fingerprint density at radius 2 is 2.00 bits per heavy atom. The molecule has 1 saturated heterocycles. The van der Waals surface area contributed by atoms with Gasteiger partial charge in [-0.2, -0.15) is 4.31 Å². The summed E-state index contributed by atoms with van der Waals surface area (Å²) in [4.78, 5) is 10.8. The normalized spacial score (nSPS) is 23.9. The van der Waals surface area contributed by atoms with Crippen molar-refractivity contribution >= 4 is 39.2 Å². The van der Waals surface area contributed by atoms with Crippen LogP contribution in [0.25, 0.3) is 0 Å². The van der Waals surface area contributed by atoms with E-state index in [4.69, 9.17) is 28.3 Å². The fourth-order valence-corrected chi connectivity index (χ4v) is 4.45. The second-order valence-electron chi connectivity index (χ2n) is 4.39. The smallest absolute Gasteiger partial charge is 0.322 e. The van der Waals surface area contributed by atoms with Gasteiger partial charge in [-0.25, -0.2) is 8.42 Å². The maximum Gasteiger partial charge on any atom is 0.322 e. The summed E-state index contributed by atoms with van der Waals surface area (Å²) in [6.07, 6.45) is -1.18. The topological polar surface area (TPSA) is 94.9 Å². The summed E-state index contributed by atoms with van der Waals surface area (Å²) in [6.45, 7) is -0.290. The van der Waals surface area contributed by atoms with E-state index in [1.54, 1.807) is 0 Å². The highest BCUT2D eigenvalue weighted by Gasteiger charge is 2.44. The van der Waals surface area contributed by atoms with Crippen molar-refractivity contribution in [3.05, 3.63) is 28.2 Å². The molecule has 9 heteroatoms. The van der Waals surface area contributed by atoms with Gasteiger partial charge in [-0.05, 0) is 18.2 Å². The van der Waals surface area contributed by atoms with E-state index in [2.05, 4.69) is 0 Å². The van der Waals surface area contributed by atoms with Crippen molar-refractivity contribution in [3.63, 3.8) is 0 Å². The molecule has 1 aliphatic heterocycles. The highest BCUT2D eigenvalue weighted by atomic mass is 35.5. The second kappa shape index (κ2) is 5.50. The first-order valence-corrected chi connectivity index (χ1v) is 7.81. The number of aliphatic hydroxyl groups is 1. The highest BCUT2D eigenvalue weighted by Crippen LogP contribution is 2.32. The first-order chi connectivity index (χ1) is 9.23. The third-order valence-electron chi connectivity index (χ3n) is 3.00. The molecular weight excluding hydrogens is 329 g/mol. The van der Waals surface area contributed by atoms with Crippen molar-refractivity contribution in [2.24, 2.45) is 0 Å². The van der Waals surface area contributed by atoms with Gasteiger partial charge in [-0.1, -0.05) is 23.2 Å². The predicted octanol–water partition coefficient (Wildman–Crippen LogP) is 1.20. The first-order valence-electron chi connectivity index (χ1n) is 5.61. The molecule has 1 heterocycles. The fraction of sp³-hybridized carbons (Fsp3) is 0.364. The largest absolute Gasteiger partial charge is 0.480 e. The lowest BCUT2D eigenvalue weighted by Crippen LogP contribution is -2.40. The zero-order valence-electron chi connectivity index (χ0n) is 10.0. The molecule has 110 valence electrons. The number of hydrogen-bond donors (Lipinski definition) is 2. The van der Waals surface area contributed by atoms with Gasteiger partial charge in [-0.15, -0.1) is 0 Å². The molecule has 0 aliphatic carbocycles. The van der Waals surface area contributed by atoms with Crippen LogP contribution in [0.5, 0.6) is 0 Å². The molecule has 0 bridgehead atoms. The van der Waals surface area contributed by atoms with E-state index >= 15 is 0 Å². The van der Waals surface area contributed by atoms with Crippen LogP contribution in [-0.2, 0) is 14.8 Å². The molecule has 6 nitrogen and oxygen atoms in total. The number of carboxylic acid groups (broad SMARTS) is 1. The van der Waals surface area contributed by atoms with Crippen LogP contribution in [0.1, 0.15) is 6.42 Å². The van der Waals surface area contributed by atoms with Gasteiger partial charge in [-0.3, -0.25) is 4.79 Å². The Bertz CT molecular complexity index is 648. The number of carbonyl (C=O) groups is 1. The van der Waals surface area contributed by atoms with Crippen LogP contribution in [0.15, 0.2) is 23.1 Å². The summed E-state index contributed by atoms with van der Waals surface area (Å²) in [5.74, 6) is -1.32. The Morgan fingerprint density at radius 1 is 1.35 bits per heavy atom. The highest BCUT2D eigenvalue weighted by molar-refractivity contribution is 7.89. The first kappa shape index (κ1) is 15.5. The molecule has 2 atom stereocenters. The predicted molar refractivity (Wildman–Crippen MR) is 72.4 cm³/mol. The van der Waals surface area contributed by atoms with Crippen molar-refractivity contribution in [1.29, 1.82) is 0 Å². The zero-order valence-corrected chi connectivity index (χ0v) is 12.4. The number of halogens is 2. The molecule has 1 fully saturated rings. The van der Waals surface area contributed by atoms with Crippen LogP contribution >= 0.6 is 23.2 Å². The number of carboxylic acids is 1. The van der Waals surface area contributed by atoms with Gasteiger partial charge >= 0.3 is 5.97 Å². The SMILES string of the molecule is O=C(O)[C@@H]1C[C@H](O)CN1S(=O)(=O)c1cc(Cl)ccc1Cl. The van der Waals surface area contributed by atoms with Gasteiger partial charge in [0.1, 0.15) is 10.9 Å². The standard InChI is InChI=1S/C11H11Cl2NO5S/c12-6-1-2-8(13)10(3-6)20(18,19)14-5-7(15)4-9(14)11(16)17/h1-3,7,9,15H,4-5H2,(H,16,17)/t7-,9-/m0/s1. The van der Waals surface area contributed by atoms with E-state index in [0.29, 0.717) is 0 Å². The van der Waals surface area contributed by atoms with E-state index in [0.717, 1.165) is 10.4 Å². The van der Waals surface area contributed by atoms with E-state index < -0.39 is 28.1 Å². The minimum atomic E-state index is -4.14. The fourth-order valence-electron chi connectivity index (χ4n) is 2.08. The van der Waals surface area contributed by atoms with Crippen molar-refractivity contribution in [3.8, 4) is 0 Å². The maximum atomic E-state index is 12.5. The monoisotopic (exact) mass is 339 g/mol. The molecule has 0 spiro atoms. The van der Waals surface area contributed by atoms with Gasteiger partial charge in [0, 0.05) is 18.0 Å². The van der Waals surface area contributed by atoms with Gasteiger partial charge < -0.3 is 10.2 Å². The lowest BCUT2D eigenvalue weighted by Gasteiger charge is -2.21. The quantitative estimate of drug-likeness (QED) is 0.862. The van der Waals surface area contributed by atoms with Gasteiger partial charge in [0.2, 0.25) is 10.0 Å². The molecule has 0 aromatic heterocycles. The van der Waals surface area contributed by atoms with Gasteiger partial charge in [0.15, 0.2) is 0 Å². The number of nitrogens with zero attached hydrogens (tertiary/aromatic N) is 1. The average Bonchev–Trinajstić information content (AvgIpc) is 2.75. The van der Waals surface area contributed by atoms with Crippen LogP contribution in [0.4, 0.5) is 0 Å². The lowest BCUT2D eigenvalue weighted by molar-refractivity contribution is -0.140.